The van der Waals surface area contributed by atoms with E-state index in [-0.39, 0.29) is 18.9 Å². The molecule has 0 saturated carbocycles. The molecule has 0 aliphatic carbocycles. The Morgan fingerprint density at radius 1 is 0.867 bits per heavy atom. The molecule has 0 aliphatic heterocycles. The predicted molar refractivity (Wildman–Crippen MR) is 115 cm³/mol. The van der Waals surface area contributed by atoms with Gasteiger partial charge in [-0.2, -0.15) is 0 Å². The van der Waals surface area contributed by atoms with E-state index in [9.17, 15) is 9.59 Å². The second kappa shape index (κ2) is 10.9. The molecule has 3 aromatic rings. The third kappa shape index (κ3) is 6.24. The minimum Gasteiger partial charge on any atom is -0.494 e. The average Bonchev–Trinajstić information content (AvgIpc) is 2.77. The van der Waals surface area contributed by atoms with Crippen LogP contribution in [0.15, 0.2) is 66.7 Å². The van der Waals surface area contributed by atoms with E-state index in [2.05, 4.69) is 5.32 Å². The van der Waals surface area contributed by atoms with Gasteiger partial charge in [-0.3, -0.25) is 9.59 Å². The van der Waals surface area contributed by atoms with Gasteiger partial charge in [0.25, 0.3) is 5.91 Å². The Balaban J connectivity index is 1.35. The van der Waals surface area contributed by atoms with Gasteiger partial charge < -0.3 is 19.5 Å². The number of amides is 1. The molecule has 6 nitrogen and oxygen atoms in total. The standard InChI is InChI=1S/C24H25NO5/c1-2-28-20-10-12-21(13-11-20)29-15-14-25-23(26)17-30-24(27)16-19-8-5-7-18-6-3-4-9-22(18)19/h3-13H,2,14-17H2,1H3,(H,25,26). The van der Waals surface area contributed by atoms with Crippen LogP contribution in [0, 0.1) is 0 Å². The van der Waals surface area contributed by atoms with E-state index in [4.69, 9.17) is 14.2 Å². The highest BCUT2D eigenvalue weighted by Crippen LogP contribution is 2.19. The molecule has 0 aromatic heterocycles. The third-order valence-electron chi connectivity index (χ3n) is 4.41. The van der Waals surface area contributed by atoms with Crippen LogP contribution in [0.3, 0.4) is 0 Å². The first kappa shape index (κ1) is 21.2. The van der Waals surface area contributed by atoms with Crippen molar-refractivity contribution in [3.63, 3.8) is 0 Å². The van der Waals surface area contributed by atoms with Gasteiger partial charge in [-0.1, -0.05) is 42.5 Å². The lowest BCUT2D eigenvalue weighted by Gasteiger charge is -2.10. The van der Waals surface area contributed by atoms with Crippen LogP contribution < -0.4 is 14.8 Å². The van der Waals surface area contributed by atoms with E-state index in [0.717, 1.165) is 22.1 Å². The average molecular weight is 407 g/mol. The Kier molecular flexibility index (Phi) is 7.66. The number of fused-ring (bicyclic) bond motifs is 1. The Morgan fingerprint density at radius 3 is 2.33 bits per heavy atom. The van der Waals surface area contributed by atoms with Crippen LogP contribution in [-0.2, 0) is 20.7 Å². The van der Waals surface area contributed by atoms with Crippen LogP contribution in [0.2, 0.25) is 0 Å². The van der Waals surface area contributed by atoms with Gasteiger partial charge in [0.2, 0.25) is 0 Å². The largest absolute Gasteiger partial charge is 0.494 e. The van der Waals surface area contributed by atoms with Crippen LogP contribution in [0.25, 0.3) is 10.8 Å². The van der Waals surface area contributed by atoms with Gasteiger partial charge in [-0.05, 0) is 47.5 Å². The number of carbonyl (C=O) groups is 2. The van der Waals surface area contributed by atoms with Gasteiger partial charge >= 0.3 is 5.97 Å². The molecule has 3 aromatic carbocycles. The molecule has 0 heterocycles. The molecule has 0 aliphatic rings. The summed E-state index contributed by atoms with van der Waals surface area (Å²) in [6.45, 7) is 2.84. The molecule has 156 valence electrons. The maximum Gasteiger partial charge on any atom is 0.310 e. The number of rotatable bonds is 10. The van der Waals surface area contributed by atoms with E-state index in [0.29, 0.717) is 25.5 Å². The minimum atomic E-state index is -0.438. The van der Waals surface area contributed by atoms with Gasteiger partial charge in [0, 0.05) is 0 Å². The summed E-state index contributed by atoms with van der Waals surface area (Å²) >= 11 is 0. The number of ether oxygens (including phenoxy) is 3. The molecular formula is C24H25NO5. The van der Waals surface area contributed by atoms with Crippen molar-refractivity contribution in [2.24, 2.45) is 0 Å². The molecule has 0 atom stereocenters. The highest BCUT2D eigenvalue weighted by molar-refractivity contribution is 5.89. The number of hydrogen-bond donors (Lipinski definition) is 1. The smallest absolute Gasteiger partial charge is 0.310 e. The molecule has 0 spiro atoms. The molecule has 0 bridgehead atoms. The first-order chi connectivity index (χ1) is 14.7. The van der Waals surface area contributed by atoms with E-state index < -0.39 is 5.97 Å². The zero-order valence-electron chi connectivity index (χ0n) is 16.9. The summed E-state index contributed by atoms with van der Waals surface area (Å²) in [5.41, 5.74) is 0.877. The zero-order valence-corrected chi connectivity index (χ0v) is 16.9. The number of benzene rings is 3. The molecule has 1 N–H and O–H groups in total. The molecule has 6 heteroatoms. The zero-order chi connectivity index (χ0) is 21.2. The fourth-order valence-corrected chi connectivity index (χ4v) is 3.01. The third-order valence-corrected chi connectivity index (χ3v) is 4.41. The maximum atomic E-state index is 12.1. The summed E-state index contributed by atoms with van der Waals surface area (Å²) in [4.78, 5) is 24.0. The van der Waals surface area contributed by atoms with Crippen LogP contribution in [0.4, 0.5) is 0 Å². The van der Waals surface area contributed by atoms with E-state index in [1.165, 1.54) is 0 Å². The quantitative estimate of drug-likeness (QED) is 0.411. The number of nitrogens with one attached hydrogen (secondary N) is 1. The van der Waals surface area contributed by atoms with Gasteiger partial charge in [0.05, 0.1) is 19.6 Å². The molecule has 3 rings (SSSR count). The lowest BCUT2D eigenvalue weighted by molar-refractivity contribution is -0.147. The van der Waals surface area contributed by atoms with Crippen molar-refractivity contribution in [1.29, 1.82) is 0 Å². The summed E-state index contributed by atoms with van der Waals surface area (Å²) in [6, 6.07) is 20.9. The fourth-order valence-electron chi connectivity index (χ4n) is 3.01. The Morgan fingerprint density at radius 2 is 1.57 bits per heavy atom. The van der Waals surface area contributed by atoms with Gasteiger partial charge in [-0.25, -0.2) is 0 Å². The van der Waals surface area contributed by atoms with Crippen LogP contribution in [-0.4, -0.2) is 38.2 Å². The SMILES string of the molecule is CCOc1ccc(OCCNC(=O)COC(=O)Cc2cccc3ccccc23)cc1. The lowest BCUT2D eigenvalue weighted by Crippen LogP contribution is -2.32. The van der Waals surface area contributed by atoms with Crippen molar-refractivity contribution in [3.8, 4) is 11.5 Å². The minimum absolute atomic E-state index is 0.121. The van der Waals surface area contributed by atoms with Gasteiger partial charge in [0.15, 0.2) is 6.61 Å². The van der Waals surface area contributed by atoms with Crippen LogP contribution >= 0.6 is 0 Å². The monoisotopic (exact) mass is 407 g/mol. The molecule has 0 saturated heterocycles. The Labute approximate surface area is 175 Å². The lowest BCUT2D eigenvalue weighted by atomic mass is 10.0. The summed E-state index contributed by atoms with van der Waals surface area (Å²) in [7, 11) is 0. The number of hydrogen-bond acceptors (Lipinski definition) is 5. The second-order valence-corrected chi connectivity index (χ2v) is 6.58. The normalized spacial score (nSPS) is 10.4. The van der Waals surface area contributed by atoms with Crippen molar-refractivity contribution >= 4 is 22.6 Å². The fraction of sp³-hybridized carbons (Fsp3) is 0.250. The first-order valence-electron chi connectivity index (χ1n) is 9.90. The van der Waals surface area contributed by atoms with Crippen molar-refractivity contribution in [3.05, 3.63) is 72.3 Å². The van der Waals surface area contributed by atoms with Gasteiger partial charge in [0.1, 0.15) is 18.1 Å². The Bertz CT molecular complexity index is 979. The predicted octanol–water partition coefficient (Wildman–Crippen LogP) is 3.52. The maximum absolute atomic E-state index is 12.1. The van der Waals surface area contributed by atoms with E-state index in [1.54, 1.807) is 0 Å². The van der Waals surface area contributed by atoms with Crippen LogP contribution in [0.5, 0.6) is 11.5 Å². The first-order valence-corrected chi connectivity index (χ1v) is 9.90. The molecule has 0 fully saturated rings. The van der Waals surface area contributed by atoms with Crippen LogP contribution in [0.1, 0.15) is 12.5 Å². The van der Waals surface area contributed by atoms with Crippen molar-refractivity contribution < 1.29 is 23.8 Å². The van der Waals surface area contributed by atoms with Crippen molar-refractivity contribution in [1.82, 2.24) is 5.32 Å². The topological polar surface area (TPSA) is 73.9 Å². The summed E-state index contributed by atoms with van der Waals surface area (Å²) in [5.74, 6) is 0.668. The summed E-state index contributed by atoms with van der Waals surface area (Å²) in [5, 5.41) is 4.74. The van der Waals surface area contributed by atoms with E-state index in [1.807, 2.05) is 73.7 Å². The highest BCUT2D eigenvalue weighted by atomic mass is 16.5. The summed E-state index contributed by atoms with van der Waals surface area (Å²) in [6.07, 6.45) is 0.121. The number of esters is 1. The van der Waals surface area contributed by atoms with Gasteiger partial charge in [-0.15, -0.1) is 0 Å². The molecule has 0 radical (unpaired) electrons. The van der Waals surface area contributed by atoms with Crippen molar-refractivity contribution in [2.75, 3.05) is 26.4 Å². The Hall–Kier alpha value is -3.54. The van der Waals surface area contributed by atoms with E-state index >= 15 is 0 Å². The highest BCUT2D eigenvalue weighted by Gasteiger charge is 2.10. The number of carbonyl (C=O) groups excluding carboxylic acids is 2. The second-order valence-electron chi connectivity index (χ2n) is 6.58. The molecule has 1 amide bonds. The summed E-state index contributed by atoms with van der Waals surface area (Å²) < 4.78 is 16.0. The molecule has 0 unspecified atom stereocenters. The molecule has 30 heavy (non-hydrogen) atoms. The van der Waals surface area contributed by atoms with Crippen molar-refractivity contribution in [2.45, 2.75) is 13.3 Å². The molecular weight excluding hydrogens is 382 g/mol.